The smallest absolute Gasteiger partial charge is 0.279 e. The number of halogens is 2. The molecule has 0 heterocycles. The van der Waals surface area contributed by atoms with Crippen LogP contribution in [0.3, 0.4) is 0 Å². The van der Waals surface area contributed by atoms with E-state index in [0.717, 1.165) is 16.0 Å². The van der Waals surface area contributed by atoms with Crippen LogP contribution in [0.25, 0.3) is 0 Å². The minimum Gasteiger partial charge on any atom is -0.494 e. The second-order valence-electron chi connectivity index (χ2n) is 5.96. The highest BCUT2D eigenvalue weighted by Gasteiger charge is 2.16. The normalized spacial score (nSPS) is 11.9. The quantitative estimate of drug-likeness (QED) is 0.806. The predicted molar refractivity (Wildman–Crippen MR) is 92.8 cm³/mol. The zero-order valence-electron chi connectivity index (χ0n) is 14.7. The highest BCUT2D eigenvalue weighted by molar-refractivity contribution is 5.91. The lowest BCUT2D eigenvalue weighted by Gasteiger charge is -2.18. The standard InChI is InChI=1S/C19H22F2N2O2/c1-4-23(11-14-6-8-18(25-3)16(21)10-14)12-19(24)22-17-7-5-13(2)9-15(17)20/h5-10H,4,11-12H2,1-3H3,(H,22,24)/p+1. The summed E-state index contributed by atoms with van der Waals surface area (Å²) in [5.41, 5.74) is 1.73. The Labute approximate surface area is 146 Å². The van der Waals surface area contributed by atoms with Crippen LogP contribution in [0.1, 0.15) is 18.1 Å². The van der Waals surface area contributed by atoms with Crippen LogP contribution in [0.4, 0.5) is 14.5 Å². The summed E-state index contributed by atoms with van der Waals surface area (Å²) in [4.78, 5) is 13.1. The van der Waals surface area contributed by atoms with Crippen LogP contribution in [0, 0.1) is 18.6 Å². The molecule has 1 atom stereocenters. The van der Waals surface area contributed by atoms with Gasteiger partial charge in [0.25, 0.3) is 5.91 Å². The van der Waals surface area contributed by atoms with Gasteiger partial charge in [0.1, 0.15) is 12.4 Å². The predicted octanol–water partition coefficient (Wildman–Crippen LogP) is 2.33. The van der Waals surface area contributed by atoms with Crippen LogP contribution in [0.15, 0.2) is 36.4 Å². The van der Waals surface area contributed by atoms with Crippen molar-refractivity contribution >= 4 is 11.6 Å². The first kappa shape index (κ1) is 18.9. The topological polar surface area (TPSA) is 42.8 Å². The maximum absolute atomic E-state index is 13.8. The Balaban J connectivity index is 1.98. The minimum atomic E-state index is -0.455. The SMILES string of the molecule is CC[NH+](CC(=O)Nc1ccc(C)cc1F)Cc1ccc(OC)c(F)c1. The van der Waals surface area contributed by atoms with Gasteiger partial charge in [0.05, 0.1) is 19.3 Å². The molecule has 2 aromatic carbocycles. The Kier molecular flexibility index (Phi) is 6.47. The lowest BCUT2D eigenvalue weighted by molar-refractivity contribution is -0.903. The van der Waals surface area contributed by atoms with Crippen molar-refractivity contribution < 1.29 is 23.2 Å². The van der Waals surface area contributed by atoms with E-state index in [9.17, 15) is 13.6 Å². The van der Waals surface area contributed by atoms with Crippen molar-refractivity contribution in [1.29, 1.82) is 0 Å². The molecule has 2 N–H and O–H groups in total. The molecule has 0 aromatic heterocycles. The van der Waals surface area contributed by atoms with Crippen molar-refractivity contribution in [3.63, 3.8) is 0 Å². The molecule has 0 saturated carbocycles. The van der Waals surface area contributed by atoms with Gasteiger partial charge in [-0.25, -0.2) is 8.78 Å². The number of quaternary nitrogens is 1. The van der Waals surface area contributed by atoms with Gasteiger partial charge in [0.15, 0.2) is 18.1 Å². The Morgan fingerprint density at radius 3 is 2.52 bits per heavy atom. The van der Waals surface area contributed by atoms with Crippen molar-refractivity contribution in [2.45, 2.75) is 20.4 Å². The first-order valence-corrected chi connectivity index (χ1v) is 8.15. The summed E-state index contributed by atoms with van der Waals surface area (Å²) in [6, 6.07) is 9.41. The van der Waals surface area contributed by atoms with E-state index in [-0.39, 0.29) is 23.9 Å². The van der Waals surface area contributed by atoms with Gasteiger partial charge >= 0.3 is 0 Å². The van der Waals surface area contributed by atoms with E-state index in [0.29, 0.717) is 13.1 Å². The Morgan fingerprint density at radius 2 is 1.92 bits per heavy atom. The summed E-state index contributed by atoms with van der Waals surface area (Å²) in [5, 5.41) is 2.59. The second-order valence-corrected chi connectivity index (χ2v) is 5.96. The average Bonchev–Trinajstić information content (AvgIpc) is 2.57. The third-order valence-corrected chi connectivity index (χ3v) is 3.98. The molecule has 2 aromatic rings. The van der Waals surface area contributed by atoms with Crippen molar-refractivity contribution in [3.8, 4) is 5.75 Å². The van der Waals surface area contributed by atoms with Gasteiger partial charge in [-0.2, -0.15) is 0 Å². The van der Waals surface area contributed by atoms with Gasteiger partial charge in [0, 0.05) is 5.56 Å². The number of anilines is 1. The molecule has 134 valence electrons. The minimum absolute atomic E-state index is 0.164. The second kappa shape index (κ2) is 8.58. The number of carbonyl (C=O) groups excluding carboxylic acids is 1. The zero-order chi connectivity index (χ0) is 18.4. The lowest BCUT2D eigenvalue weighted by Crippen LogP contribution is -3.11. The van der Waals surface area contributed by atoms with Gasteiger partial charge in [-0.15, -0.1) is 0 Å². The van der Waals surface area contributed by atoms with Crippen molar-refractivity contribution in [2.24, 2.45) is 0 Å². The molecule has 1 unspecified atom stereocenters. The fourth-order valence-electron chi connectivity index (χ4n) is 2.56. The average molecular weight is 349 g/mol. The van der Waals surface area contributed by atoms with Crippen LogP contribution in [-0.4, -0.2) is 26.1 Å². The van der Waals surface area contributed by atoms with Gasteiger partial charge in [-0.1, -0.05) is 6.07 Å². The number of aryl methyl sites for hydroxylation is 1. The fraction of sp³-hybridized carbons (Fsp3) is 0.316. The third-order valence-electron chi connectivity index (χ3n) is 3.98. The first-order chi connectivity index (χ1) is 11.9. The van der Waals surface area contributed by atoms with E-state index in [1.165, 1.54) is 19.2 Å². The summed E-state index contributed by atoms with van der Waals surface area (Å²) in [6.45, 7) is 5.05. The summed E-state index contributed by atoms with van der Waals surface area (Å²) < 4.78 is 32.5. The van der Waals surface area contributed by atoms with Crippen LogP contribution in [0.5, 0.6) is 5.75 Å². The molecule has 0 aliphatic heterocycles. The van der Waals surface area contributed by atoms with Gasteiger partial charge < -0.3 is 15.0 Å². The van der Waals surface area contributed by atoms with E-state index >= 15 is 0 Å². The molecule has 0 bridgehead atoms. The van der Waals surface area contributed by atoms with E-state index in [2.05, 4.69) is 5.32 Å². The van der Waals surface area contributed by atoms with Crippen molar-refractivity contribution in [1.82, 2.24) is 0 Å². The van der Waals surface area contributed by atoms with Gasteiger partial charge in [-0.3, -0.25) is 4.79 Å². The van der Waals surface area contributed by atoms with Gasteiger partial charge in [0.2, 0.25) is 0 Å². The molecule has 2 rings (SSSR count). The maximum atomic E-state index is 13.8. The number of nitrogens with one attached hydrogen (secondary N) is 2. The molecule has 1 amide bonds. The number of likely N-dealkylation sites (N-methyl/N-ethyl adjacent to an activating group) is 1. The molecule has 0 aliphatic rings. The van der Waals surface area contributed by atoms with E-state index in [1.807, 2.05) is 6.92 Å². The number of ether oxygens (including phenoxy) is 1. The molecule has 4 nitrogen and oxygen atoms in total. The van der Waals surface area contributed by atoms with Gasteiger partial charge in [-0.05, 0) is 49.7 Å². The maximum Gasteiger partial charge on any atom is 0.279 e. The van der Waals surface area contributed by atoms with Crippen molar-refractivity contribution in [3.05, 3.63) is 59.2 Å². The number of methoxy groups -OCH3 is 1. The number of hydrogen-bond acceptors (Lipinski definition) is 2. The Hall–Kier alpha value is -2.47. The summed E-state index contributed by atoms with van der Waals surface area (Å²) in [5.74, 6) is -0.978. The van der Waals surface area contributed by atoms with Crippen LogP contribution in [-0.2, 0) is 11.3 Å². The first-order valence-electron chi connectivity index (χ1n) is 8.15. The third kappa shape index (κ3) is 5.26. The van der Waals surface area contributed by atoms with Crippen molar-refractivity contribution in [2.75, 3.05) is 25.5 Å². The highest BCUT2D eigenvalue weighted by atomic mass is 19.1. The van der Waals surface area contributed by atoms with Crippen LogP contribution >= 0.6 is 0 Å². The highest BCUT2D eigenvalue weighted by Crippen LogP contribution is 2.17. The largest absolute Gasteiger partial charge is 0.494 e. The lowest BCUT2D eigenvalue weighted by atomic mass is 10.2. The Bertz CT molecular complexity index is 750. The molecule has 0 radical (unpaired) electrons. The van der Waals surface area contributed by atoms with Crippen LogP contribution in [0.2, 0.25) is 0 Å². The number of amides is 1. The van der Waals surface area contributed by atoms with E-state index in [4.69, 9.17) is 4.74 Å². The molecule has 0 spiro atoms. The van der Waals surface area contributed by atoms with E-state index < -0.39 is 11.6 Å². The van der Waals surface area contributed by atoms with Crippen LogP contribution < -0.4 is 15.0 Å². The summed E-state index contributed by atoms with van der Waals surface area (Å²) >= 11 is 0. The molecular formula is C19H23F2N2O2+. The molecule has 6 heteroatoms. The molecule has 0 fully saturated rings. The number of benzene rings is 2. The number of rotatable bonds is 7. The molecule has 0 saturated heterocycles. The monoisotopic (exact) mass is 349 g/mol. The zero-order valence-corrected chi connectivity index (χ0v) is 14.7. The number of carbonyl (C=O) groups is 1. The fourth-order valence-corrected chi connectivity index (χ4v) is 2.56. The van der Waals surface area contributed by atoms with E-state index in [1.54, 1.807) is 31.2 Å². The number of hydrogen-bond donors (Lipinski definition) is 2. The summed E-state index contributed by atoms with van der Waals surface area (Å²) in [6.07, 6.45) is 0. The molecule has 0 aliphatic carbocycles. The summed E-state index contributed by atoms with van der Waals surface area (Å²) in [7, 11) is 1.41. The molecule has 25 heavy (non-hydrogen) atoms. The molecular weight excluding hydrogens is 326 g/mol. The Morgan fingerprint density at radius 1 is 1.16 bits per heavy atom.